The number of benzene rings is 2. The summed E-state index contributed by atoms with van der Waals surface area (Å²) in [7, 11) is -1.67. The number of ketones is 1. The van der Waals surface area contributed by atoms with Gasteiger partial charge in [-0.15, -0.1) is 0 Å². The number of carbonyl (C=O) groups is 1. The Bertz CT molecular complexity index is 1260. The Kier molecular flexibility index (Phi) is 7.33. The van der Waals surface area contributed by atoms with E-state index >= 15 is 0 Å². The summed E-state index contributed by atoms with van der Waals surface area (Å²) >= 11 is 0. The largest absolute Gasteiger partial charge is 0.379 e. The number of morpholine rings is 1. The number of ether oxygens (including phenoxy) is 1. The van der Waals surface area contributed by atoms with Crippen LogP contribution in [0.3, 0.4) is 0 Å². The molecule has 0 spiro atoms. The molecule has 180 valence electrons. The van der Waals surface area contributed by atoms with Gasteiger partial charge >= 0.3 is 0 Å². The first-order valence-corrected chi connectivity index (χ1v) is 12.8. The standard InChI is InChI=1S/C26H31N3O4S/c1-20-16-25(26(30)19-27(3)18-22-8-5-4-6-9-22)21(2)29(20)23-10-7-11-24(17-23)34(31,32)28-12-14-33-15-13-28/h4-11,16-17H,12-15,18-19H2,1-3H3. The molecule has 0 radical (unpaired) electrons. The number of sulfonamides is 1. The second-order valence-electron chi connectivity index (χ2n) is 8.72. The van der Waals surface area contributed by atoms with Crippen molar-refractivity contribution < 1.29 is 17.9 Å². The van der Waals surface area contributed by atoms with E-state index in [1.165, 1.54) is 4.31 Å². The van der Waals surface area contributed by atoms with Crippen molar-refractivity contribution in [2.45, 2.75) is 25.3 Å². The Morgan fingerprint density at radius 3 is 2.41 bits per heavy atom. The monoisotopic (exact) mass is 481 g/mol. The predicted octanol–water partition coefficient (Wildman–Crippen LogP) is 3.43. The molecule has 2 heterocycles. The average molecular weight is 482 g/mol. The van der Waals surface area contributed by atoms with Crippen LogP contribution in [0.1, 0.15) is 27.3 Å². The van der Waals surface area contributed by atoms with Gasteiger partial charge in [0.1, 0.15) is 0 Å². The molecule has 0 unspecified atom stereocenters. The molecule has 2 aromatic carbocycles. The Morgan fingerprint density at radius 2 is 1.71 bits per heavy atom. The van der Waals surface area contributed by atoms with Crippen molar-refractivity contribution in [1.29, 1.82) is 0 Å². The fourth-order valence-corrected chi connectivity index (χ4v) is 5.89. The fourth-order valence-electron chi connectivity index (χ4n) is 4.44. The summed E-state index contributed by atoms with van der Waals surface area (Å²) < 4.78 is 35.0. The molecule has 0 saturated carbocycles. The summed E-state index contributed by atoms with van der Waals surface area (Å²) in [4.78, 5) is 15.4. The van der Waals surface area contributed by atoms with Gasteiger partial charge in [0.05, 0.1) is 24.7 Å². The van der Waals surface area contributed by atoms with E-state index in [4.69, 9.17) is 4.74 Å². The first-order valence-electron chi connectivity index (χ1n) is 11.4. The number of nitrogens with zero attached hydrogens (tertiary/aromatic N) is 3. The minimum Gasteiger partial charge on any atom is -0.379 e. The number of hydrogen-bond donors (Lipinski definition) is 0. The maximum Gasteiger partial charge on any atom is 0.243 e. The molecular formula is C26H31N3O4S. The third-order valence-electron chi connectivity index (χ3n) is 6.12. The molecule has 3 aromatic rings. The SMILES string of the molecule is Cc1cc(C(=O)CN(C)Cc2ccccc2)c(C)n1-c1cccc(S(=O)(=O)N2CCOCC2)c1. The zero-order chi connectivity index (χ0) is 24.3. The summed E-state index contributed by atoms with van der Waals surface area (Å²) in [6.07, 6.45) is 0. The van der Waals surface area contributed by atoms with Crippen molar-refractivity contribution in [3.05, 3.63) is 83.2 Å². The smallest absolute Gasteiger partial charge is 0.243 e. The number of carbonyl (C=O) groups excluding carboxylic acids is 1. The molecule has 1 aliphatic rings. The van der Waals surface area contributed by atoms with Gasteiger partial charge < -0.3 is 9.30 Å². The number of rotatable bonds is 8. The Balaban J connectivity index is 1.56. The highest BCUT2D eigenvalue weighted by atomic mass is 32.2. The quantitative estimate of drug-likeness (QED) is 0.461. The lowest BCUT2D eigenvalue weighted by Crippen LogP contribution is -2.40. The van der Waals surface area contributed by atoms with Crippen LogP contribution in [-0.4, -0.2) is 67.9 Å². The van der Waals surface area contributed by atoms with E-state index in [0.29, 0.717) is 45.0 Å². The van der Waals surface area contributed by atoms with Crippen molar-refractivity contribution >= 4 is 15.8 Å². The lowest BCUT2D eigenvalue weighted by Gasteiger charge is -2.26. The van der Waals surface area contributed by atoms with Gasteiger partial charge in [0, 0.05) is 42.3 Å². The van der Waals surface area contributed by atoms with E-state index < -0.39 is 10.0 Å². The van der Waals surface area contributed by atoms with Crippen LogP contribution in [-0.2, 0) is 21.3 Å². The van der Waals surface area contributed by atoms with Crippen LogP contribution in [0.4, 0.5) is 0 Å². The second-order valence-corrected chi connectivity index (χ2v) is 10.7. The molecule has 34 heavy (non-hydrogen) atoms. The first kappa shape index (κ1) is 24.3. The number of aromatic nitrogens is 1. The summed E-state index contributed by atoms with van der Waals surface area (Å²) in [5, 5.41) is 0. The van der Waals surface area contributed by atoms with E-state index in [0.717, 1.165) is 22.6 Å². The Labute approximate surface area is 201 Å². The van der Waals surface area contributed by atoms with Gasteiger partial charge in [0.25, 0.3) is 0 Å². The topological polar surface area (TPSA) is 71.9 Å². The van der Waals surface area contributed by atoms with Crippen LogP contribution < -0.4 is 0 Å². The normalized spacial score (nSPS) is 15.1. The van der Waals surface area contributed by atoms with Crippen molar-refractivity contribution in [3.63, 3.8) is 0 Å². The highest BCUT2D eigenvalue weighted by molar-refractivity contribution is 7.89. The van der Waals surface area contributed by atoms with E-state index in [-0.39, 0.29) is 10.7 Å². The second kappa shape index (κ2) is 10.2. The van der Waals surface area contributed by atoms with E-state index in [1.807, 2.05) is 72.8 Å². The molecule has 1 aromatic heterocycles. The Morgan fingerprint density at radius 1 is 1.00 bits per heavy atom. The highest BCUT2D eigenvalue weighted by Gasteiger charge is 2.27. The van der Waals surface area contributed by atoms with Crippen molar-refractivity contribution in [1.82, 2.24) is 13.8 Å². The van der Waals surface area contributed by atoms with E-state index in [9.17, 15) is 13.2 Å². The van der Waals surface area contributed by atoms with Gasteiger partial charge in [-0.1, -0.05) is 36.4 Å². The van der Waals surface area contributed by atoms with Crippen molar-refractivity contribution in [2.75, 3.05) is 39.9 Å². The molecule has 0 N–H and O–H groups in total. The molecule has 8 heteroatoms. The minimum atomic E-state index is -3.61. The zero-order valence-electron chi connectivity index (χ0n) is 19.9. The predicted molar refractivity (Wildman–Crippen MR) is 132 cm³/mol. The third-order valence-corrected chi connectivity index (χ3v) is 8.02. The number of aryl methyl sites for hydroxylation is 1. The summed E-state index contributed by atoms with van der Waals surface area (Å²) in [6, 6.07) is 18.9. The summed E-state index contributed by atoms with van der Waals surface area (Å²) in [6.45, 7) is 6.32. The maximum absolute atomic E-state index is 13.1. The zero-order valence-corrected chi connectivity index (χ0v) is 20.7. The molecule has 1 fully saturated rings. The average Bonchev–Trinajstić information content (AvgIpc) is 3.14. The molecule has 4 rings (SSSR count). The van der Waals surface area contributed by atoms with E-state index in [2.05, 4.69) is 0 Å². The van der Waals surface area contributed by atoms with Crippen molar-refractivity contribution in [2.24, 2.45) is 0 Å². The lowest BCUT2D eigenvalue weighted by atomic mass is 10.1. The Hall–Kier alpha value is -2.78. The van der Waals surface area contributed by atoms with E-state index in [1.54, 1.807) is 18.2 Å². The third kappa shape index (κ3) is 5.15. The van der Waals surface area contributed by atoms with Crippen LogP contribution in [0, 0.1) is 13.8 Å². The van der Waals surface area contributed by atoms with Gasteiger partial charge in [-0.05, 0) is 50.7 Å². The van der Waals surface area contributed by atoms with Crippen LogP contribution in [0.2, 0.25) is 0 Å². The molecule has 0 bridgehead atoms. The highest BCUT2D eigenvalue weighted by Crippen LogP contribution is 2.25. The molecule has 1 saturated heterocycles. The van der Waals surface area contributed by atoms with Gasteiger partial charge in [0.2, 0.25) is 10.0 Å². The van der Waals surface area contributed by atoms with Gasteiger partial charge in [-0.2, -0.15) is 4.31 Å². The fraction of sp³-hybridized carbons (Fsp3) is 0.346. The number of likely N-dealkylation sites (N-methyl/N-ethyl adjacent to an activating group) is 1. The molecule has 0 amide bonds. The van der Waals surface area contributed by atoms with Crippen LogP contribution in [0.25, 0.3) is 5.69 Å². The lowest BCUT2D eigenvalue weighted by molar-refractivity contribution is 0.0730. The molecule has 7 nitrogen and oxygen atoms in total. The first-order chi connectivity index (χ1) is 16.3. The van der Waals surface area contributed by atoms with Gasteiger partial charge in [0.15, 0.2) is 5.78 Å². The van der Waals surface area contributed by atoms with Crippen molar-refractivity contribution in [3.8, 4) is 5.69 Å². The van der Waals surface area contributed by atoms with Gasteiger partial charge in [-0.25, -0.2) is 8.42 Å². The molecular weight excluding hydrogens is 450 g/mol. The number of hydrogen-bond acceptors (Lipinski definition) is 5. The minimum absolute atomic E-state index is 0.0369. The molecule has 0 atom stereocenters. The molecule has 0 aliphatic carbocycles. The van der Waals surface area contributed by atoms with Crippen LogP contribution in [0.15, 0.2) is 65.6 Å². The molecule has 1 aliphatic heterocycles. The van der Waals surface area contributed by atoms with Crippen LogP contribution in [0.5, 0.6) is 0 Å². The van der Waals surface area contributed by atoms with Crippen LogP contribution >= 0.6 is 0 Å². The summed E-state index contributed by atoms with van der Waals surface area (Å²) in [5.74, 6) is 0.0369. The maximum atomic E-state index is 13.1. The van der Waals surface area contributed by atoms with Gasteiger partial charge in [-0.3, -0.25) is 9.69 Å². The summed E-state index contributed by atoms with van der Waals surface area (Å²) in [5.41, 5.74) is 4.21. The number of Topliss-reactive ketones (excluding diaryl/α,β-unsaturated/α-hetero) is 1.